The Labute approximate surface area is 356 Å². The third kappa shape index (κ3) is 10.9. The maximum Gasteiger partial charge on any atom is 0.161 e. The minimum atomic E-state index is 0.620. The fourth-order valence-corrected chi connectivity index (χ4v) is 8.62. The van der Waals surface area contributed by atoms with Crippen LogP contribution in [-0.2, 0) is 0 Å². The molecule has 0 saturated carbocycles. The summed E-state index contributed by atoms with van der Waals surface area (Å²) >= 11 is 1.64. The summed E-state index contributed by atoms with van der Waals surface area (Å²) in [6.45, 7) is 14.2. The Bertz CT molecular complexity index is 2260. The van der Waals surface area contributed by atoms with Crippen LogP contribution >= 0.6 is 11.3 Å². The summed E-state index contributed by atoms with van der Waals surface area (Å²) < 4.78 is 34.1. The van der Waals surface area contributed by atoms with E-state index in [9.17, 15) is 5.26 Å². The monoisotopic (exact) mass is 816 g/mol. The lowest BCUT2D eigenvalue weighted by molar-refractivity contribution is 0.260. The molecule has 1 heterocycles. The number of fused-ring (bicyclic) bond motifs is 8. The highest BCUT2D eigenvalue weighted by Gasteiger charge is 2.23. The van der Waals surface area contributed by atoms with Crippen LogP contribution < -0.4 is 23.7 Å². The second-order valence-corrected chi connectivity index (χ2v) is 16.6. The first-order chi connectivity index (χ1) is 29.0. The molecule has 0 spiro atoms. The maximum atomic E-state index is 9.53. The van der Waals surface area contributed by atoms with E-state index in [-0.39, 0.29) is 0 Å². The third-order valence-electron chi connectivity index (χ3n) is 10.9. The molecule has 0 bridgehead atoms. The number of nitriles is 1. The van der Waals surface area contributed by atoms with Crippen molar-refractivity contribution >= 4 is 53.9 Å². The first-order valence-corrected chi connectivity index (χ1v) is 23.4. The molecule has 0 N–H and O–H groups in total. The molecule has 1 aromatic heterocycles. The summed E-state index contributed by atoms with van der Waals surface area (Å²) in [5.74, 6) is 3.89. The van der Waals surface area contributed by atoms with Crippen molar-refractivity contribution in [2.75, 3.05) is 33.0 Å². The normalized spacial score (nSPS) is 11.5. The summed E-state index contributed by atoms with van der Waals surface area (Å²) in [4.78, 5) is 5.43. The van der Waals surface area contributed by atoms with Gasteiger partial charge in [0.05, 0.1) is 54.9 Å². The van der Waals surface area contributed by atoms with Crippen molar-refractivity contribution in [2.45, 2.75) is 131 Å². The topological polar surface area (TPSA) is 82.8 Å². The van der Waals surface area contributed by atoms with Gasteiger partial charge in [0.15, 0.2) is 23.0 Å². The van der Waals surface area contributed by atoms with E-state index >= 15 is 0 Å². The van der Waals surface area contributed by atoms with Crippen LogP contribution in [0.25, 0.3) is 53.1 Å². The number of nitrogens with zero attached hydrogens (tertiary/aromatic N) is 2. The molecule has 5 aromatic carbocycles. The highest BCUT2D eigenvalue weighted by Crippen LogP contribution is 2.49. The molecule has 7 nitrogen and oxygen atoms in total. The quantitative estimate of drug-likeness (QED) is 0.0398. The highest BCUT2D eigenvalue weighted by molar-refractivity contribution is 7.22. The predicted octanol–water partition coefficient (Wildman–Crippen LogP) is 15.1. The van der Waals surface area contributed by atoms with Crippen LogP contribution in [0.1, 0.15) is 136 Å². The van der Waals surface area contributed by atoms with Gasteiger partial charge in [-0.1, -0.05) is 111 Å². The molecule has 0 fully saturated rings. The standard InChI is InChI=1S/C51H64N2O5S/c1-6-11-16-25-54-43-30-38-39-31-45(56-27-18-13-8-3)46(57-28-19-14-9-4)33-41(39)48-42(40(38)32-44(43)55-26-17-12-7-2)34-47(58-29-20-15-10-5)50-49(48)53-51(59-50)37-23-21-36(35-52)22-24-37/h21-24,30-34H,6-20,25-29H2,1-5H3. The molecule has 59 heavy (non-hydrogen) atoms. The molecular formula is C51H64N2O5S. The Morgan fingerprint density at radius 1 is 0.475 bits per heavy atom. The number of rotatable bonds is 26. The van der Waals surface area contributed by atoms with Gasteiger partial charge in [0.2, 0.25) is 0 Å². The van der Waals surface area contributed by atoms with Crippen molar-refractivity contribution in [2.24, 2.45) is 0 Å². The summed E-state index contributed by atoms with van der Waals surface area (Å²) in [6, 6.07) is 20.9. The van der Waals surface area contributed by atoms with E-state index in [0.717, 1.165) is 178 Å². The fourth-order valence-electron chi connectivity index (χ4n) is 7.57. The van der Waals surface area contributed by atoms with Crippen LogP contribution in [0.2, 0.25) is 0 Å². The number of hydrogen-bond donors (Lipinski definition) is 0. The van der Waals surface area contributed by atoms with Gasteiger partial charge in [-0.3, -0.25) is 0 Å². The Hall–Kier alpha value is -4.74. The lowest BCUT2D eigenvalue weighted by atomic mass is 9.92. The van der Waals surface area contributed by atoms with E-state index in [1.165, 1.54) is 0 Å². The van der Waals surface area contributed by atoms with E-state index in [1.807, 2.05) is 24.3 Å². The zero-order valence-corrected chi connectivity index (χ0v) is 37.0. The number of aromatic nitrogens is 1. The average molecular weight is 817 g/mol. The second-order valence-electron chi connectivity index (χ2n) is 15.7. The van der Waals surface area contributed by atoms with Crippen molar-refractivity contribution in [1.82, 2.24) is 4.98 Å². The number of benzene rings is 5. The SMILES string of the molecule is CCCCCOc1cc2c3cc(OCCCCC)c(OCCCCC)cc3c3c(cc(OCCCCC)c4sc(-c5ccc(C#N)cc5)nc43)c2cc1OCCCCC. The molecule has 0 aliphatic carbocycles. The highest BCUT2D eigenvalue weighted by atomic mass is 32.1. The van der Waals surface area contributed by atoms with E-state index in [0.29, 0.717) is 38.6 Å². The molecule has 0 radical (unpaired) electrons. The molecule has 8 heteroatoms. The van der Waals surface area contributed by atoms with Gasteiger partial charge in [-0.15, -0.1) is 11.3 Å². The van der Waals surface area contributed by atoms with Gasteiger partial charge in [-0.2, -0.15) is 5.26 Å². The van der Waals surface area contributed by atoms with Crippen LogP contribution in [0.5, 0.6) is 28.7 Å². The minimum absolute atomic E-state index is 0.620. The predicted molar refractivity (Wildman–Crippen MR) is 247 cm³/mol. The minimum Gasteiger partial charge on any atom is -0.492 e. The lowest BCUT2D eigenvalue weighted by Gasteiger charge is -2.20. The van der Waals surface area contributed by atoms with Crippen molar-refractivity contribution in [3.05, 3.63) is 60.2 Å². The maximum absolute atomic E-state index is 9.53. The van der Waals surface area contributed by atoms with E-state index in [1.54, 1.807) is 11.3 Å². The molecule has 6 rings (SSSR count). The number of hydrogen-bond acceptors (Lipinski definition) is 8. The smallest absolute Gasteiger partial charge is 0.161 e. The van der Waals surface area contributed by atoms with Gasteiger partial charge in [0.25, 0.3) is 0 Å². The molecule has 6 aromatic rings. The molecule has 0 aliphatic heterocycles. The molecular weight excluding hydrogens is 753 g/mol. The third-order valence-corrected chi connectivity index (χ3v) is 12.1. The first-order valence-electron chi connectivity index (χ1n) is 22.5. The van der Waals surface area contributed by atoms with Gasteiger partial charge in [0.1, 0.15) is 10.8 Å². The van der Waals surface area contributed by atoms with Crippen LogP contribution in [0.15, 0.2) is 54.6 Å². The molecule has 0 unspecified atom stereocenters. The number of unbranched alkanes of at least 4 members (excludes halogenated alkanes) is 10. The summed E-state index contributed by atoms with van der Waals surface area (Å²) in [6.07, 6.45) is 16.1. The van der Waals surface area contributed by atoms with Crippen LogP contribution in [-0.4, -0.2) is 38.0 Å². The van der Waals surface area contributed by atoms with E-state index < -0.39 is 0 Å². The van der Waals surface area contributed by atoms with Crippen molar-refractivity contribution in [1.29, 1.82) is 5.26 Å². The van der Waals surface area contributed by atoms with Gasteiger partial charge in [-0.25, -0.2) is 4.98 Å². The number of ether oxygens (including phenoxy) is 5. The molecule has 0 amide bonds. The molecule has 0 aliphatic rings. The van der Waals surface area contributed by atoms with Crippen molar-refractivity contribution in [3.8, 4) is 45.4 Å². The van der Waals surface area contributed by atoms with Gasteiger partial charge >= 0.3 is 0 Å². The zero-order valence-electron chi connectivity index (χ0n) is 36.2. The average Bonchev–Trinajstić information content (AvgIpc) is 3.71. The molecule has 0 atom stereocenters. The first kappa shape index (κ1) is 43.8. The summed E-state index contributed by atoms with van der Waals surface area (Å²) in [5.41, 5.74) is 2.48. The Morgan fingerprint density at radius 2 is 0.831 bits per heavy atom. The molecule has 0 saturated heterocycles. The zero-order chi connectivity index (χ0) is 41.4. The van der Waals surface area contributed by atoms with Crippen LogP contribution in [0.3, 0.4) is 0 Å². The molecule has 314 valence electrons. The summed E-state index contributed by atoms with van der Waals surface area (Å²) in [7, 11) is 0. The Morgan fingerprint density at radius 3 is 1.22 bits per heavy atom. The van der Waals surface area contributed by atoms with E-state index in [2.05, 4.69) is 71.0 Å². The lowest BCUT2D eigenvalue weighted by Crippen LogP contribution is -2.04. The Balaban J connectivity index is 1.67. The number of thiazole rings is 1. The largest absolute Gasteiger partial charge is 0.492 e. The van der Waals surface area contributed by atoms with Crippen molar-refractivity contribution < 1.29 is 23.7 Å². The van der Waals surface area contributed by atoms with Crippen molar-refractivity contribution in [3.63, 3.8) is 0 Å². The van der Waals surface area contributed by atoms with E-state index in [4.69, 9.17) is 28.7 Å². The van der Waals surface area contributed by atoms with Gasteiger partial charge < -0.3 is 23.7 Å². The summed E-state index contributed by atoms with van der Waals surface area (Å²) in [5, 5.41) is 16.7. The van der Waals surface area contributed by atoms with Crippen LogP contribution in [0.4, 0.5) is 0 Å². The van der Waals surface area contributed by atoms with Gasteiger partial charge in [0, 0.05) is 10.9 Å². The van der Waals surface area contributed by atoms with Gasteiger partial charge in [-0.05, 0) is 101 Å². The fraction of sp³-hybridized carbons (Fsp3) is 0.490. The van der Waals surface area contributed by atoms with Crippen LogP contribution in [0, 0.1) is 11.3 Å². The second kappa shape index (κ2) is 22.6. The Kier molecular flexibility index (Phi) is 16.8.